The van der Waals surface area contributed by atoms with Gasteiger partial charge in [0.1, 0.15) is 23.1 Å². The summed E-state index contributed by atoms with van der Waals surface area (Å²) in [6.45, 7) is 3.72. The minimum absolute atomic E-state index is 0.0510. The number of ether oxygens (including phenoxy) is 2. The Morgan fingerprint density at radius 1 is 1.32 bits per heavy atom. The van der Waals surface area contributed by atoms with Crippen LogP contribution in [-0.4, -0.2) is 54.3 Å². The van der Waals surface area contributed by atoms with Gasteiger partial charge in [-0.15, -0.1) is 11.3 Å². The molecule has 1 aromatic heterocycles. The summed E-state index contributed by atoms with van der Waals surface area (Å²) in [4.78, 5) is 17.7. The van der Waals surface area contributed by atoms with Crippen molar-refractivity contribution in [1.82, 2.24) is 9.88 Å². The van der Waals surface area contributed by atoms with Crippen LogP contribution in [0.3, 0.4) is 0 Å². The number of nitrogens with zero attached hydrogens (tertiary/aromatic N) is 2. The minimum Gasteiger partial charge on any atom is -0.497 e. The van der Waals surface area contributed by atoms with Crippen molar-refractivity contribution in [3.05, 3.63) is 29.3 Å². The third kappa shape index (κ3) is 4.49. The number of aromatic nitrogens is 1. The van der Waals surface area contributed by atoms with E-state index in [0.717, 1.165) is 25.2 Å². The maximum absolute atomic E-state index is 11.1. The molecule has 0 spiro atoms. The van der Waals surface area contributed by atoms with E-state index < -0.39 is 5.97 Å². The second-order valence-electron chi connectivity index (χ2n) is 5.96. The summed E-state index contributed by atoms with van der Waals surface area (Å²) >= 11 is 1.30. The molecule has 1 aliphatic heterocycles. The summed E-state index contributed by atoms with van der Waals surface area (Å²) in [5, 5.41) is 11.2. The Balaban J connectivity index is 1.74. The molecule has 1 saturated heterocycles. The van der Waals surface area contributed by atoms with E-state index >= 15 is 0 Å². The molecular weight excluding hydrogens is 340 g/mol. The highest BCUT2D eigenvalue weighted by Gasteiger charge is 2.16. The van der Waals surface area contributed by atoms with Gasteiger partial charge in [-0.3, -0.25) is 4.90 Å². The van der Waals surface area contributed by atoms with Crippen molar-refractivity contribution in [2.45, 2.75) is 19.3 Å². The van der Waals surface area contributed by atoms with Crippen LogP contribution in [-0.2, 0) is 0 Å². The number of hydrogen-bond donors (Lipinski definition) is 1. The number of carbonyl (C=O) groups is 1. The fourth-order valence-corrected chi connectivity index (χ4v) is 3.71. The molecule has 0 unspecified atom stereocenters. The highest BCUT2D eigenvalue weighted by molar-refractivity contribution is 7.13. The van der Waals surface area contributed by atoms with Crippen molar-refractivity contribution in [2.75, 3.05) is 33.4 Å². The summed E-state index contributed by atoms with van der Waals surface area (Å²) in [5.41, 5.74) is 0.840. The summed E-state index contributed by atoms with van der Waals surface area (Å²) < 4.78 is 11.3. The molecule has 0 bridgehead atoms. The van der Waals surface area contributed by atoms with E-state index in [-0.39, 0.29) is 5.69 Å². The summed E-state index contributed by atoms with van der Waals surface area (Å²) in [7, 11) is 1.61. The monoisotopic (exact) mass is 362 g/mol. The smallest absolute Gasteiger partial charge is 0.355 e. The van der Waals surface area contributed by atoms with Crippen LogP contribution in [0.25, 0.3) is 10.6 Å². The predicted octanol–water partition coefficient (Wildman–Crippen LogP) is 3.38. The fourth-order valence-electron chi connectivity index (χ4n) is 2.89. The fraction of sp³-hybridized carbons (Fsp3) is 0.444. The number of benzene rings is 1. The van der Waals surface area contributed by atoms with Crippen molar-refractivity contribution in [3.8, 4) is 22.1 Å². The Bertz CT molecular complexity index is 726. The van der Waals surface area contributed by atoms with E-state index in [9.17, 15) is 4.79 Å². The first-order valence-corrected chi connectivity index (χ1v) is 9.27. The zero-order valence-corrected chi connectivity index (χ0v) is 15.1. The maximum atomic E-state index is 11.1. The molecule has 1 N–H and O–H groups in total. The van der Waals surface area contributed by atoms with Crippen LogP contribution in [0.1, 0.15) is 29.8 Å². The Morgan fingerprint density at radius 2 is 2.12 bits per heavy atom. The van der Waals surface area contributed by atoms with Crippen LogP contribution >= 0.6 is 11.3 Å². The molecule has 0 amide bonds. The molecule has 25 heavy (non-hydrogen) atoms. The van der Waals surface area contributed by atoms with Crippen molar-refractivity contribution in [1.29, 1.82) is 0 Å². The zero-order chi connectivity index (χ0) is 17.6. The largest absolute Gasteiger partial charge is 0.497 e. The lowest BCUT2D eigenvalue weighted by Gasteiger charge is -2.26. The molecule has 1 fully saturated rings. The normalized spacial score (nSPS) is 15.1. The van der Waals surface area contributed by atoms with Gasteiger partial charge in [0, 0.05) is 18.0 Å². The average Bonchev–Trinajstić information content (AvgIpc) is 3.13. The Labute approximate surface area is 151 Å². The van der Waals surface area contributed by atoms with Gasteiger partial charge < -0.3 is 14.6 Å². The van der Waals surface area contributed by atoms with E-state index in [2.05, 4.69) is 9.88 Å². The van der Waals surface area contributed by atoms with Gasteiger partial charge in [-0.2, -0.15) is 0 Å². The van der Waals surface area contributed by atoms with Crippen molar-refractivity contribution in [3.63, 3.8) is 0 Å². The van der Waals surface area contributed by atoms with Gasteiger partial charge in [0.2, 0.25) is 0 Å². The van der Waals surface area contributed by atoms with Crippen LogP contribution in [0.5, 0.6) is 11.5 Å². The molecular formula is C18H22N2O4S. The molecule has 3 rings (SSSR count). The van der Waals surface area contributed by atoms with E-state index in [1.807, 2.05) is 18.2 Å². The number of thiazole rings is 1. The van der Waals surface area contributed by atoms with Gasteiger partial charge in [0.05, 0.1) is 12.7 Å². The van der Waals surface area contributed by atoms with Gasteiger partial charge in [0.15, 0.2) is 5.69 Å². The van der Waals surface area contributed by atoms with Crippen molar-refractivity contribution >= 4 is 17.3 Å². The number of carboxylic acid groups (broad SMARTS) is 1. The number of aromatic carboxylic acids is 1. The molecule has 6 nitrogen and oxygen atoms in total. The van der Waals surface area contributed by atoms with E-state index in [4.69, 9.17) is 14.6 Å². The van der Waals surface area contributed by atoms with Crippen LogP contribution in [0.2, 0.25) is 0 Å². The molecule has 2 aromatic rings. The lowest BCUT2D eigenvalue weighted by molar-refractivity contribution is 0.0691. The molecule has 7 heteroatoms. The number of rotatable bonds is 7. The average molecular weight is 362 g/mol. The molecule has 2 heterocycles. The predicted molar refractivity (Wildman–Crippen MR) is 96.8 cm³/mol. The van der Waals surface area contributed by atoms with Crippen LogP contribution < -0.4 is 9.47 Å². The molecule has 0 saturated carbocycles. The number of methoxy groups -OCH3 is 1. The van der Waals surface area contributed by atoms with Gasteiger partial charge in [0.25, 0.3) is 0 Å². The maximum Gasteiger partial charge on any atom is 0.355 e. The lowest BCUT2D eigenvalue weighted by Crippen LogP contribution is -2.33. The first-order chi connectivity index (χ1) is 12.2. The Hall–Kier alpha value is -2.12. The summed E-state index contributed by atoms with van der Waals surface area (Å²) in [6, 6.07) is 5.52. The molecule has 134 valence electrons. The van der Waals surface area contributed by atoms with Gasteiger partial charge in [-0.25, -0.2) is 9.78 Å². The number of piperidine rings is 1. The highest BCUT2D eigenvalue weighted by atomic mass is 32.1. The van der Waals surface area contributed by atoms with Gasteiger partial charge in [-0.05, 0) is 38.1 Å². The van der Waals surface area contributed by atoms with Gasteiger partial charge >= 0.3 is 5.97 Å². The topological polar surface area (TPSA) is 71.9 Å². The molecule has 0 aliphatic carbocycles. The number of carboxylic acids is 1. The van der Waals surface area contributed by atoms with Crippen LogP contribution in [0.4, 0.5) is 0 Å². The molecule has 0 radical (unpaired) electrons. The number of hydrogen-bond acceptors (Lipinski definition) is 6. The van der Waals surface area contributed by atoms with Crippen LogP contribution in [0, 0.1) is 0 Å². The molecule has 0 atom stereocenters. The van der Waals surface area contributed by atoms with Crippen molar-refractivity contribution in [2.24, 2.45) is 0 Å². The lowest BCUT2D eigenvalue weighted by atomic mass is 10.1. The van der Waals surface area contributed by atoms with E-state index in [0.29, 0.717) is 23.1 Å². The quantitative estimate of drug-likeness (QED) is 0.814. The molecule has 1 aliphatic rings. The summed E-state index contributed by atoms with van der Waals surface area (Å²) in [5.74, 6) is 0.345. The minimum atomic E-state index is -1.02. The second-order valence-corrected chi connectivity index (χ2v) is 6.81. The van der Waals surface area contributed by atoms with E-state index in [1.54, 1.807) is 12.5 Å². The van der Waals surface area contributed by atoms with Gasteiger partial charge in [-0.1, -0.05) is 6.42 Å². The van der Waals surface area contributed by atoms with Crippen LogP contribution in [0.15, 0.2) is 23.6 Å². The first-order valence-electron chi connectivity index (χ1n) is 8.40. The third-order valence-corrected chi connectivity index (χ3v) is 5.13. The molecule has 1 aromatic carbocycles. The first kappa shape index (κ1) is 17.7. The number of likely N-dealkylation sites (tertiary alicyclic amines) is 1. The Kier molecular flexibility index (Phi) is 5.88. The standard InChI is InChI=1S/C18H22N2O4S/c1-23-13-5-6-14(17-19-15(12-25-17)18(21)22)16(11-13)24-10-9-20-7-3-2-4-8-20/h5-6,11-12H,2-4,7-10H2,1H3,(H,21,22). The SMILES string of the molecule is COc1ccc(-c2nc(C(=O)O)cs2)c(OCCN2CCCCC2)c1. The second kappa shape index (κ2) is 8.31. The zero-order valence-electron chi connectivity index (χ0n) is 14.2. The highest BCUT2D eigenvalue weighted by Crippen LogP contribution is 2.35. The van der Waals surface area contributed by atoms with E-state index in [1.165, 1.54) is 30.6 Å². The van der Waals surface area contributed by atoms with Crippen molar-refractivity contribution < 1.29 is 19.4 Å². The summed E-state index contributed by atoms with van der Waals surface area (Å²) in [6.07, 6.45) is 3.82. The third-order valence-electron chi connectivity index (χ3n) is 4.26. The Morgan fingerprint density at radius 3 is 2.80 bits per heavy atom.